The summed E-state index contributed by atoms with van der Waals surface area (Å²) in [5.74, 6) is 2.08. The molecule has 0 spiro atoms. The number of carbonyl (C=O) groups is 1. The lowest BCUT2D eigenvalue weighted by Gasteiger charge is -2.27. The Morgan fingerprint density at radius 2 is 1.96 bits per heavy atom. The second-order valence-corrected chi connectivity index (χ2v) is 6.31. The summed E-state index contributed by atoms with van der Waals surface area (Å²) in [6.07, 6.45) is 1.61. The number of anilines is 1. The van der Waals surface area contributed by atoms with Crippen molar-refractivity contribution in [2.45, 2.75) is 13.0 Å². The maximum atomic E-state index is 12.6. The Labute approximate surface area is 159 Å². The van der Waals surface area contributed by atoms with E-state index in [-0.39, 0.29) is 11.9 Å². The Balaban J connectivity index is 1.69. The summed E-state index contributed by atoms with van der Waals surface area (Å²) in [6, 6.07) is 8.94. The molecule has 1 aliphatic heterocycles. The van der Waals surface area contributed by atoms with Crippen LogP contribution in [0.2, 0.25) is 0 Å². The van der Waals surface area contributed by atoms with E-state index in [4.69, 9.17) is 14.2 Å². The van der Waals surface area contributed by atoms with E-state index in [1.165, 1.54) is 0 Å². The van der Waals surface area contributed by atoms with Crippen molar-refractivity contribution >= 4 is 11.7 Å². The van der Waals surface area contributed by atoms with Crippen LogP contribution in [0.25, 0.3) is 0 Å². The number of nitrogens with one attached hydrogen (secondary N) is 1. The van der Waals surface area contributed by atoms with Crippen LogP contribution in [0.1, 0.15) is 28.9 Å². The Hall–Kier alpha value is -2.80. The van der Waals surface area contributed by atoms with Crippen LogP contribution in [0.3, 0.4) is 0 Å². The van der Waals surface area contributed by atoms with Crippen LogP contribution in [0, 0.1) is 0 Å². The Morgan fingerprint density at radius 3 is 2.59 bits per heavy atom. The number of rotatable bonds is 6. The third-order valence-corrected chi connectivity index (χ3v) is 4.60. The summed E-state index contributed by atoms with van der Waals surface area (Å²) in [5, 5.41) is 2.99. The highest BCUT2D eigenvalue weighted by molar-refractivity contribution is 5.94. The molecule has 1 aromatic carbocycles. The first-order valence-electron chi connectivity index (χ1n) is 8.94. The van der Waals surface area contributed by atoms with Gasteiger partial charge in [-0.05, 0) is 37.3 Å². The van der Waals surface area contributed by atoms with Crippen molar-refractivity contribution in [3.63, 3.8) is 0 Å². The summed E-state index contributed by atoms with van der Waals surface area (Å²) in [6.45, 7) is 4.93. The third kappa shape index (κ3) is 4.49. The van der Waals surface area contributed by atoms with Crippen molar-refractivity contribution in [2.75, 3.05) is 45.4 Å². The lowest BCUT2D eigenvalue weighted by molar-refractivity contribution is 0.0939. The molecule has 1 fully saturated rings. The lowest BCUT2D eigenvalue weighted by atomic mass is 10.1. The second-order valence-electron chi connectivity index (χ2n) is 6.31. The van der Waals surface area contributed by atoms with E-state index in [1.807, 2.05) is 31.2 Å². The first-order valence-corrected chi connectivity index (χ1v) is 8.94. The van der Waals surface area contributed by atoms with Gasteiger partial charge in [0, 0.05) is 24.8 Å². The molecular formula is C20H25N3O4. The molecule has 3 rings (SSSR count). The van der Waals surface area contributed by atoms with Crippen LogP contribution < -0.4 is 19.7 Å². The maximum absolute atomic E-state index is 12.6. The van der Waals surface area contributed by atoms with E-state index >= 15 is 0 Å². The topological polar surface area (TPSA) is 72.9 Å². The highest BCUT2D eigenvalue weighted by Gasteiger charge is 2.17. The molecule has 1 atom stereocenters. The van der Waals surface area contributed by atoms with Crippen molar-refractivity contribution in [1.29, 1.82) is 0 Å². The van der Waals surface area contributed by atoms with Gasteiger partial charge in [0.2, 0.25) is 0 Å². The number of benzene rings is 1. The smallest absolute Gasteiger partial charge is 0.253 e. The molecule has 2 heterocycles. The highest BCUT2D eigenvalue weighted by atomic mass is 16.5. The minimum absolute atomic E-state index is 0.187. The molecule has 1 unspecified atom stereocenters. The van der Waals surface area contributed by atoms with Gasteiger partial charge in [0.15, 0.2) is 0 Å². The average Bonchev–Trinajstić information content (AvgIpc) is 2.73. The maximum Gasteiger partial charge on any atom is 0.253 e. The molecule has 1 N–H and O–H groups in total. The van der Waals surface area contributed by atoms with Gasteiger partial charge in [0.25, 0.3) is 5.91 Å². The number of nitrogens with zero attached hydrogens (tertiary/aromatic N) is 2. The van der Waals surface area contributed by atoms with Crippen molar-refractivity contribution in [3.05, 3.63) is 47.7 Å². The normalized spacial score (nSPS) is 15.1. The molecular weight excluding hydrogens is 346 g/mol. The minimum atomic E-state index is -0.249. The highest BCUT2D eigenvalue weighted by Crippen LogP contribution is 2.29. The fourth-order valence-electron chi connectivity index (χ4n) is 3.04. The van der Waals surface area contributed by atoms with Crippen molar-refractivity contribution < 1.29 is 19.0 Å². The van der Waals surface area contributed by atoms with E-state index in [9.17, 15) is 4.79 Å². The molecule has 7 heteroatoms. The van der Waals surface area contributed by atoms with E-state index in [0.29, 0.717) is 30.3 Å². The van der Waals surface area contributed by atoms with E-state index in [1.54, 1.807) is 26.5 Å². The van der Waals surface area contributed by atoms with Crippen LogP contribution in [-0.4, -0.2) is 51.4 Å². The first kappa shape index (κ1) is 19.0. The summed E-state index contributed by atoms with van der Waals surface area (Å²) in [4.78, 5) is 19.2. The fraction of sp³-hybridized carbons (Fsp3) is 0.400. The number of methoxy groups -OCH3 is 2. The summed E-state index contributed by atoms with van der Waals surface area (Å²) in [5.41, 5.74) is 1.36. The van der Waals surface area contributed by atoms with Crippen LogP contribution in [-0.2, 0) is 4.74 Å². The molecule has 0 aliphatic carbocycles. The number of morpholine rings is 1. The Kier molecular flexibility index (Phi) is 6.13. The number of pyridine rings is 1. The van der Waals surface area contributed by atoms with Gasteiger partial charge >= 0.3 is 0 Å². The van der Waals surface area contributed by atoms with Gasteiger partial charge in [0.05, 0.1) is 39.0 Å². The van der Waals surface area contributed by atoms with Crippen molar-refractivity contribution in [1.82, 2.24) is 10.3 Å². The fourth-order valence-corrected chi connectivity index (χ4v) is 3.04. The molecule has 1 saturated heterocycles. The van der Waals surface area contributed by atoms with Gasteiger partial charge in [-0.25, -0.2) is 4.98 Å². The predicted molar refractivity (Wildman–Crippen MR) is 103 cm³/mol. The number of hydrogen-bond donors (Lipinski definition) is 1. The van der Waals surface area contributed by atoms with Gasteiger partial charge in [-0.1, -0.05) is 0 Å². The average molecular weight is 371 g/mol. The molecule has 0 saturated carbocycles. The number of carbonyl (C=O) groups excluding carboxylic acids is 1. The zero-order chi connectivity index (χ0) is 19.2. The quantitative estimate of drug-likeness (QED) is 0.841. The van der Waals surface area contributed by atoms with Gasteiger partial charge in [0.1, 0.15) is 17.3 Å². The van der Waals surface area contributed by atoms with Gasteiger partial charge in [-0.15, -0.1) is 0 Å². The van der Waals surface area contributed by atoms with Crippen LogP contribution in [0.4, 0.5) is 5.82 Å². The van der Waals surface area contributed by atoms with Crippen molar-refractivity contribution in [2.24, 2.45) is 0 Å². The molecule has 2 aromatic rings. The third-order valence-electron chi connectivity index (χ3n) is 4.60. The van der Waals surface area contributed by atoms with Crippen LogP contribution in [0.5, 0.6) is 11.5 Å². The summed E-state index contributed by atoms with van der Waals surface area (Å²) < 4.78 is 16.0. The van der Waals surface area contributed by atoms with E-state index < -0.39 is 0 Å². The predicted octanol–water partition coefficient (Wildman–Crippen LogP) is 2.43. The molecule has 0 radical (unpaired) electrons. The Morgan fingerprint density at radius 1 is 1.19 bits per heavy atom. The Bertz CT molecular complexity index is 773. The van der Waals surface area contributed by atoms with E-state index in [0.717, 1.165) is 24.5 Å². The standard InChI is InChI=1S/C20H25N3O4/c1-14(17-12-16(25-2)5-6-18(17)26-3)22-20(24)15-4-7-19(21-13-15)23-8-10-27-11-9-23/h4-7,12-14H,8-11H2,1-3H3,(H,22,24). The monoisotopic (exact) mass is 371 g/mol. The zero-order valence-corrected chi connectivity index (χ0v) is 15.9. The van der Waals surface area contributed by atoms with Gasteiger partial charge in [-0.2, -0.15) is 0 Å². The first-order chi connectivity index (χ1) is 13.1. The summed E-state index contributed by atoms with van der Waals surface area (Å²) >= 11 is 0. The van der Waals surface area contributed by atoms with Gasteiger partial charge < -0.3 is 24.4 Å². The molecule has 144 valence electrons. The van der Waals surface area contributed by atoms with Crippen molar-refractivity contribution in [3.8, 4) is 11.5 Å². The SMILES string of the molecule is COc1ccc(OC)c(C(C)NC(=O)c2ccc(N3CCOCC3)nc2)c1. The molecule has 0 bridgehead atoms. The number of aromatic nitrogens is 1. The largest absolute Gasteiger partial charge is 0.497 e. The molecule has 27 heavy (non-hydrogen) atoms. The summed E-state index contributed by atoms with van der Waals surface area (Å²) in [7, 11) is 3.21. The zero-order valence-electron chi connectivity index (χ0n) is 15.9. The number of hydrogen-bond acceptors (Lipinski definition) is 6. The van der Waals surface area contributed by atoms with Crippen LogP contribution >= 0.6 is 0 Å². The molecule has 1 aromatic heterocycles. The molecule has 1 amide bonds. The lowest BCUT2D eigenvalue weighted by Crippen LogP contribution is -2.36. The second kappa shape index (κ2) is 8.73. The van der Waals surface area contributed by atoms with Crippen LogP contribution in [0.15, 0.2) is 36.5 Å². The minimum Gasteiger partial charge on any atom is -0.497 e. The van der Waals surface area contributed by atoms with E-state index in [2.05, 4.69) is 15.2 Å². The number of ether oxygens (including phenoxy) is 3. The molecule has 7 nitrogen and oxygen atoms in total. The molecule has 1 aliphatic rings. The van der Waals surface area contributed by atoms with Gasteiger partial charge in [-0.3, -0.25) is 4.79 Å². The number of amides is 1.